The lowest BCUT2D eigenvalue weighted by atomic mass is 10.0. The van der Waals surface area contributed by atoms with Gasteiger partial charge in [-0.25, -0.2) is 8.42 Å². The first-order valence-corrected chi connectivity index (χ1v) is 10.4. The van der Waals surface area contributed by atoms with Gasteiger partial charge in [-0.05, 0) is 63.9 Å². The van der Waals surface area contributed by atoms with E-state index in [1.165, 1.54) is 24.3 Å². The number of piperidine rings is 1. The zero-order chi connectivity index (χ0) is 18.0. The third kappa shape index (κ3) is 4.02. The zero-order valence-corrected chi connectivity index (χ0v) is 15.3. The molecule has 0 radical (unpaired) electrons. The molecule has 25 heavy (non-hydrogen) atoms. The molecule has 1 aliphatic carbocycles. The van der Waals surface area contributed by atoms with E-state index in [4.69, 9.17) is 0 Å². The minimum absolute atomic E-state index is 0.0285. The van der Waals surface area contributed by atoms with Crippen molar-refractivity contribution in [2.24, 2.45) is 0 Å². The van der Waals surface area contributed by atoms with Crippen LogP contribution in [0.5, 0.6) is 0 Å². The molecule has 1 aromatic carbocycles. The molecule has 7 nitrogen and oxygen atoms in total. The first-order valence-electron chi connectivity index (χ1n) is 8.94. The van der Waals surface area contributed by atoms with Crippen LogP contribution in [-0.4, -0.2) is 54.3 Å². The Morgan fingerprint density at radius 3 is 2.16 bits per heavy atom. The van der Waals surface area contributed by atoms with E-state index in [-0.39, 0.29) is 22.7 Å². The van der Waals surface area contributed by atoms with Crippen LogP contribution in [0.25, 0.3) is 0 Å². The number of hydrogen-bond acceptors (Lipinski definition) is 5. The number of sulfonamides is 1. The van der Waals surface area contributed by atoms with Crippen molar-refractivity contribution in [1.29, 1.82) is 0 Å². The van der Waals surface area contributed by atoms with Crippen LogP contribution in [0.4, 0.5) is 5.69 Å². The van der Waals surface area contributed by atoms with Crippen molar-refractivity contribution >= 4 is 15.7 Å². The second kappa shape index (κ2) is 7.39. The summed E-state index contributed by atoms with van der Waals surface area (Å²) < 4.78 is 28.0. The summed E-state index contributed by atoms with van der Waals surface area (Å²) in [6.07, 6.45) is 4.62. The van der Waals surface area contributed by atoms with Crippen LogP contribution >= 0.6 is 0 Å². The Bertz CT molecular complexity index is 708. The largest absolute Gasteiger partial charge is 0.303 e. The first-order chi connectivity index (χ1) is 11.9. The topological polar surface area (TPSA) is 83.8 Å². The summed E-state index contributed by atoms with van der Waals surface area (Å²) in [5, 5.41) is 10.8. The van der Waals surface area contributed by atoms with Crippen molar-refractivity contribution in [2.45, 2.75) is 56.0 Å². The van der Waals surface area contributed by atoms with E-state index in [2.05, 4.69) is 11.8 Å². The smallest absolute Gasteiger partial charge is 0.269 e. The van der Waals surface area contributed by atoms with Crippen molar-refractivity contribution in [1.82, 2.24) is 9.21 Å². The van der Waals surface area contributed by atoms with Crippen molar-refractivity contribution < 1.29 is 13.3 Å². The molecular formula is C17H25N3O4S. The Kier molecular flexibility index (Phi) is 5.41. The maximum atomic E-state index is 13.1. The predicted octanol–water partition coefficient (Wildman–Crippen LogP) is 2.62. The van der Waals surface area contributed by atoms with Crippen molar-refractivity contribution in [3.05, 3.63) is 34.4 Å². The summed E-state index contributed by atoms with van der Waals surface area (Å²) in [5.41, 5.74) is -0.0928. The molecule has 3 rings (SSSR count). The van der Waals surface area contributed by atoms with E-state index < -0.39 is 14.9 Å². The molecule has 2 aliphatic rings. The van der Waals surface area contributed by atoms with Crippen LogP contribution in [0.15, 0.2) is 29.2 Å². The number of nitro groups is 1. The van der Waals surface area contributed by atoms with E-state index in [0.29, 0.717) is 0 Å². The Morgan fingerprint density at radius 1 is 1.12 bits per heavy atom. The summed E-state index contributed by atoms with van der Waals surface area (Å²) in [7, 11) is -3.62. The Hall–Kier alpha value is -1.51. The summed E-state index contributed by atoms with van der Waals surface area (Å²) in [6.45, 7) is 5.07. The van der Waals surface area contributed by atoms with E-state index in [0.717, 1.165) is 51.7 Å². The average Bonchev–Trinajstić information content (AvgIpc) is 3.41. The maximum Gasteiger partial charge on any atom is 0.269 e. The molecule has 0 aromatic heterocycles. The quantitative estimate of drug-likeness (QED) is 0.546. The molecule has 0 unspecified atom stereocenters. The minimum atomic E-state index is -3.62. The standard InChI is InChI=1S/C17H25N3O4S/c1-2-11-18-12-9-15(10-13-18)19(14-3-4-14)25(23,24)17-7-5-16(6-8-17)20(21)22/h5-8,14-15H,2-4,9-13H2,1H3. The van der Waals surface area contributed by atoms with Gasteiger partial charge >= 0.3 is 0 Å². The van der Waals surface area contributed by atoms with Gasteiger partial charge in [0.25, 0.3) is 5.69 Å². The van der Waals surface area contributed by atoms with Gasteiger partial charge in [0.2, 0.25) is 10.0 Å². The highest BCUT2D eigenvalue weighted by atomic mass is 32.2. The molecule has 0 amide bonds. The van der Waals surface area contributed by atoms with Gasteiger partial charge in [-0.3, -0.25) is 10.1 Å². The van der Waals surface area contributed by atoms with Gasteiger partial charge in [0, 0.05) is 24.2 Å². The lowest BCUT2D eigenvalue weighted by Gasteiger charge is -2.38. The van der Waals surface area contributed by atoms with E-state index in [1.54, 1.807) is 4.31 Å². The number of nitrogens with zero attached hydrogens (tertiary/aromatic N) is 3. The highest BCUT2D eigenvalue weighted by Gasteiger charge is 2.43. The third-order valence-electron chi connectivity index (χ3n) is 4.99. The van der Waals surface area contributed by atoms with Gasteiger partial charge in [-0.15, -0.1) is 0 Å². The summed E-state index contributed by atoms with van der Waals surface area (Å²) in [5.74, 6) is 0. The molecule has 0 N–H and O–H groups in total. The average molecular weight is 367 g/mol. The van der Waals surface area contributed by atoms with Crippen molar-refractivity contribution in [2.75, 3.05) is 19.6 Å². The fourth-order valence-corrected chi connectivity index (χ4v) is 5.52. The van der Waals surface area contributed by atoms with Crippen molar-refractivity contribution in [3.63, 3.8) is 0 Å². The fourth-order valence-electron chi connectivity index (χ4n) is 3.59. The lowest BCUT2D eigenvalue weighted by Crippen LogP contribution is -2.48. The Balaban J connectivity index is 1.79. The molecule has 2 fully saturated rings. The van der Waals surface area contributed by atoms with Crippen LogP contribution in [0, 0.1) is 10.1 Å². The second-order valence-corrected chi connectivity index (χ2v) is 8.73. The van der Waals surface area contributed by atoms with E-state index in [1.807, 2.05) is 0 Å². The molecule has 1 aromatic rings. The van der Waals surface area contributed by atoms with Crippen LogP contribution < -0.4 is 0 Å². The molecular weight excluding hydrogens is 342 g/mol. The van der Waals surface area contributed by atoms with Crippen LogP contribution in [-0.2, 0) is 10.0 Å². The van der Waals surface area contributed by atoms with Crippen molar-refractivity contribution in [3.8, 4) is 0 Å². The van der Waals surface area contributed by atoms with E-state index >= 15 is 0 Å². The summed E-state index contributed by atoms with van der Waals surface area (Å²) in [6, 6.07) is 5.36. The zero-order valence-electron chi connectivity index (χ0n) is 14.5. The molecule has 1 saturated heterocycles. The number of benzene rings is 1. The molecule has 1 heterocycles. The minimum Gasteiger partial charge on any atom is -0.303 e. The van der Waals surface area contributed by atoms with Gasteiger partial charge < -0.3 is 4.90 Å². The van der Waals surface area contributed by atoms with Gasteiger partial charge in [-0.1, -0.05) is 6.92 Å². The Labute approximate surface area is 148 Å². The van der Waals surface area contributed by atoms with E-state index in [9.17, 15) is 18.5 Å². The number of likely N-dealkylation sites (tertiary alicyclic amines) is 1. The monoisotopic (exact) mass is 367 g/mol. The number of hydrogen-bond donors (Lipinski definition) is 0. The summed E-state index contributed by atoms with van der Waals surface area (Å²) in [4.78, 5) is 12.8. The third-order valence-corrected chi connectivity index (χ3v) is 7.01. The molecule has 1 saturated carbocycles. The number of rotatable bonds is 7. The van der Waals surface area contributed by atoms with Crippen LogP contribution in [0.1, 0.15) is 39.0 Å². The molecule has 1 aliphatic heterocycles. The SMILES string of the molecule is CCCN1CCC(N(C2CC2)S(=O)(=O)c2ccc([N+](=O)[O-])cc2)CC1. The van der Waals surface area contributed by atoms with Gasteiger partial charge in [0.05, 0.1) is 9.82 Å². The molecule has 0 bridgehead atoms. The number of nitro benzene ring substituents is 1. The van der Waals surface area contributed by atoms with Crippen LogP contribution in [0.3, 0.4) is 0 Å². The second-order valence-electron chi connectivity index (χ2n) is 6.89. The molecule has 8 heteroatoms. The highest BCUT2D eigenvalue weighted by Crippen LogP contribution is 2.37. The maximum absolute atomic E-state index is 13.1. The fraction of sp³-hybridized carbons (Fsp3) is 0.647. The Morgan fingerprint density at radius 2 is 1.68 bits per heavy atom. The van der Waals surface area contributed by atoms with Crippen LogP contribution in [0.2, 0.25) is 0 Å². The van der Waals surface area contributed by atoms with Gasteiger partial charge in [0.15, 0.2) is 0 Å². The predicted molar refractivity (Wildman–Crippen MR) is 94.9 cm³/mol. The number of non-ortho nitro benzene ring substituents is 1. The van der Waals surface area contributed by atoms with Gasteiger partial charge in [-0.2, -0.15) is 4.31 Å². The highest BCUT2D eigenvalue weighted by molar-refractivity contribution is 7.89. The molecule has 0 atom stereocenters. The first kappa shape index (κ1) is 18.3. The molecule has 138 valence electrons. The lowest BCUT2D eigenvalue weighted by molar-refractivity contribution is -0.384. The normalized spacial score (nSPS) is 20.1. The molecule has 0 spiro atoms. The summed E-state index contributed by atoms with van der Waals surface area (Å²) >= 11 is 0. The van der Waals surface area contributed by atoms with Gasteiger partial charge in [0.1, 0.15) is 0 Å².